The topological polar surface area (TPSA) is 73.9 Å². The summed E-state index contributed by atoms with van der Waals surface area (Å²) in [5.74, 6) is -0.289. The molecule has 0 saturated carbocycles. The molecule has 0 aliphatic carbocycles. The van der Waals surface area contributed by atoms with Crippen LogP contribution >= 0.6 is 0 Å². The minimum Gasteiger partial charge on any atom is -0.485 e. The number of hydrogen-bond acceptors (Lipinski definition) is 5. The monoisotopic (exact) mass is 585 g/mol. The van der Waals surface area contributed by atoms with Crippen LogP contribution in [-0.2, 0) is 34.0 Å². The van der Waals surface area contributed by atoms with Gasteiger partial charge in [0.1, 0.15) is 19.3 Å². The highest BCUT2D eigenvalue weighted by molar-refractivity contribution is 5.91. The van der Waals surface area contributed by atoms with E-state index in [4.69, 9.17) is 14.2 Å². The molecule has 1 atom stereocenters. The van der Waals surface area contributed by atoms with Crippen molar-refractivity contribution < 1.29 is 23.8 Å². The number of carbonyl (C=O) groups is 2. The highest BCUT2D eigenvalue weighted by atomic mass is 16.5. The minimum atomic E-state index is -0.916. The lowest BCUT2D eigenvalue weighted by Crippen LogP contribution is -2.45. The van der Waals surface area contributed by atoms with E-state index in [0.717, 1.165) is 27.8 Å². The Morgan fingerprint density at radius 1 is 0.591 bits per heavy atom. The quantitative estimate of drug-likeness (QED) is 0.153. The molecule has 0 radical (unpaired) electrons. The van der Waals surface area contributed by atoms with Gasteiger partial charge in [-0.15, -0.1) is 0 Å². The Labute approximate surface area is 258 Å². The molecule has 222 valence electrons. The van der Waals surface area contributed by atoms with Gasteiger partial charge in [-0.05, 0) is 39.9 Å². The summed E-state index contributed by atoms with van der Waals surface area (Å²) in [5, 5.41) is 2.97. The molecule has 6 nitrogen and oxygen atoms in total. The van der Waals surface area contributed by atoms with Crippen LogP contribution in [0.1, 0.15) is 33.7 Å². The lowest BCUT2D eigenvalue weighted by molar-refractivity contribution is -0.145. The number of nitrogens with one attached hydrogen (secondary N) is 1. The van der Waals surface area contributed by atoms with E-state index in [1.165, 1.54) is 7.11 Å². The smallest absolute Gasteiger partial charge is 0.328 e. The van der Waals surface area contributed by atoms with Gasteiger partial charge in [0.25, 0.3) is 0 Å². The third-order valence-corrected chi connectivity index (χ3v) is 7.25. The molecule has 0 heterocycles. The molecule has 0 fully saturated rings. The predicted octanol–water partition coefficient (Wildman–Crippen LogP) is 6.88. The van der Waals surface area contributed by atoms with Crippen LogP contribution in [0.3, 0.4) is 0 Å². The summed E-state index contributed by atoms with van der Waals surface area (Å²) in [6, 6.07) is 43.5. The van der Waals surface area contributed by atoms with E-state index < -0.39 is 17.9 Å². The van der Waals surface area contributed by atoms with Crippen molar-refractivity contribution in [3.63, 3.8) is 0 Å². The second-order valence-electron chi connectivity index (χ2n) is 10.4. The van der Waals surface area contributed by atoms with Crippen LogP contribution in [0, 0.1) is 0 Å². The molecule has 0 aliphatic rings. The van der Waals surface area contributed by atoms with E-state index in [0.29, 0.717) is 24.7 Å². The average molecular weight is 586 g/mol. The van der Waals surface area contributed by atoms with Crippen LogP contribution < -0.4 is 14.8 Å². The van der Waals surface area contributed by atoms with Crippen molar-refractivity contribution in [1.82, 2.24) is 5.32 Å². The fraction of sp³-hybridized carbons (Fsp3) is 0.158. The summed E-state index contributed by atoms with van der Waals surface area (Å²) in [6.07, 6.45) is 0.204. The predicted molar refractivity (Wildman–Crippen MR) is 170 cm³/mol. The highest BCUT2D eigenvalue weighted by Gasteiger charge is 2.29. The normalized spacial score (nSPS) is 11.4. The fourth-order valence-corrected chi connectivity index (χ4v) is 4.99. The zero-order valence-electron chi connectivity index (χ0n) is 24.6. The van der Waals surface area contributed by atoms with Gasteiger partial charge in [-0.25, -0.2) is 4.79 Å². The highest BCUT2D eigenvalue weighted by Crippen LogP contribution is 2.31. The molecule has 1 amide bonds. The first kappa shape index (κ1) is 30.1. The molecule has 0 aliphatic heterocycles. The maximum absolute atomic E-state index is 13.8. The second-order valence-corrected chi connectivity index (χ2v) is 10.4. The van der Waals surface area contributed by atoms with Gasteiger partial charge in [0.15, 0.2) is 11.5 Å². The molecule has 1 N–H and O–H groups in total. The molecule has 0 spiro atoms. The van der Waals surface area contributed by atoms with Gasteiger partial charge in [-0.2, -0.15) is 0 Å². The Kier molecular flexibility index (Phi) is 10.4. The van der Waals surface area contributed by atoms with Crippen molar-refractivity contribution >= 4 is 11.9 Å². The van der Waals surface area contributed by atoms with Crippen LogP contribution in [0.2, 0.25) is 0 Å². The summed E-state index contributed by atoms with van der Waals surface area (Å²) in [7, 11) is 1.32. The van der Waals surface area contributed by atoms with Gasteiger partial charge >= 0.3 is 5.97 Å². The number of esters is 1. The zero-order valence-corrected chi connectivity index (χ0v) is 24.6. The van der Waals surface area contributed by atoms with Crippen LogP contribution in [0.25, 0.3) is 0 Å². The maximum atomic E-state index is 13.8. The Morgan fingerprint density at radius 3 is 1.57 bits per heavy atom. The number of methoxy groups -OCH3 is 1. The van der Waals surface area contributed by atoms with Crippen molar-refractivity contribution in [3.8, 4) is 11.5 Å². The molecule has 0 unspecified atom stereocenters. The number of ether oxygens (including phenoxy) is 3. The van der Waals surface area contributed by atoms with Gasteiger partial charge in [-0.3, -0.25) is 4.79 Å². The van der Waals surface area contributed by atoms with Gasteiger partial charge in [0, 0.05) is 6.42 Å². The Hall–Kier alpha value is -5.36. The number of carbonyl (C=O) groups excluding carboxylic acids is 2. The van der Waals surface area contributed by atoms with Crippen LogP contribution in [0.5, 0.6) is 11.5 Å². The standard InChI is InChI=1S/C38H35NO5/c1-42-38(41)33(39-37(40)36(31-18-10-4-11-19-31)32-20-12-5-13-21-32)24-30-22-23-34(43-26-28-14-6-2-7-15-28)35(25-30)44-27-29-16-8-3-9-17-29/h2-23,25,33,36H,24,26-27H2,1H3,(H,39,40)/t33-/m1/s1. The Bertz CT molecular complexity index is 1590. The maximum Gasteiger partial charge on any atom is 0.328 e. The molecule has 5 rings (SSSR count). The first-order valence-electron chi connectivity index (χ1n) is 14.5. The van der Waals surface area contributed by atoms with Crippen LogP contribution in [0.4, 0.5) is 0 Å². The molecule has 5 aromatic rings. The van der Waals surface area contributed by atoms with Crippen LogP contribution in [-0.4, -0.2) is 25.0 Å². The van der Waals surface area contributed by atoms with Gasteiger partial charge < -0.3 is 19.5 Å². The molecule has 0 aromatic heterocycles. The van der Waals surface area contributed by atoms with Gasteiger partial charge in [-0.1, -0.05) is 127 Å². The molecule has 6 heteroatoms. The van der Waals surface area contributed by atoms with Crippen molar-refractivity contribution in [2.24, 2.45) is 0 Å². The summed E-state index contributed by atoms with van der Waals surface area (Å²) < 4.78 is 17.5. The van der Waals surface area contributed by atoms with Crippen LogP contribution in [0.15, 0.2) is 140 Å². The molecule has 0 saturated heterocycles. The summed E-state index contributed by atoms with van der Waals surface area (Å²) in [4.78, 5) is 26.8. The number of rotatable bonds is 13. The van der Waals surface area contributed by atoms with Crippen molar-refractivity contribution in [3.05, 3.63) is 167 Å². The lowest BCUT2D eigenvalue weighted by Gasteiger charge is -2.23. The fourth-order valence-electron chi connectivity index (χ4n) is 4.99. The molecular weight excluding hydrogens is 550 g/mol. The van der Waals surface area contributed by atoms with Crippen molar-refractivity contribution in [2.75, 3.05) is 7.11 Å². The van der Waals surface area contributed by atoms with E-state index in [9.17, 15) is 9.59 Å². The SMILES string of the molecule is COC(=O)[C@@H](Cc1ccc(OCc2ccccc2)c(OCc2ccccc2)c1)NC(=O)C(c1ccccc1)c1ccccc1. The van der Waals surface area contributed by atoms with Crippen molar-refractivity contribution in [2.45, 2.75) is 31.6 Å². The molecule has 5 aromatic carbocycles. The van der Waals surface area contributed by atoms with Gasteiger partial charge in [0.2, 0.25) is 5.91 Å². The molecular formula is C38H35NO5. The third-order valence-electron chi connectivity index (χ3n) is 7.25. The Balaban J connectivity index is 1.38. The van der Waals surface area contributed by atoms with E-state index in [1.54, 1.807) is 0 Å². The zero-order chi connectivity index (χ0) is 30.6. The minimum absolute atomic E-state index is 0.204. The van der Waals surface area contributed by atoms with E-state index in [2.05, 4.69) is 5.32 Å². The summed E-state index contributed by atoms with van der Waals surface area (Å²) >= 11 is 0. The number of amides is 1. The van der Waals surface area contributed by atoms with E-state index in [1.807, 2.05) is 140 Å². The largest absolute Gasteiger partial charge is 0.485 e. The summed E-state index contributed by atoms with van der Waals surface area (Å²) in [6.45, 7) is 0.724. The van der Waals surface area contributed by atoms with E-state index in [-0.39, 0.29) is 12.3 Å². The Morgan fingerprint density at radius 2 is 1.07 bits per heavy atom. The first-order chi connectivity index (χ1) is 21.6. The first-order valence-corrected chi connectivity index (χ1v) is 14.5. The third kappa shape index (κ3) is 8.13. The molecule has 0 bridgehead atoms. The number of benzene rings is 5. The second kappa shape index (κ2) is 15.2. The average Bonchev–Trinajstić information content (AvgIpc) is 3.08. The van der Waals surface area contributed by atoms with E-state index >= 15 is 0 Å². The van der Waals surface area contributed by atoms with Crippen molar-refractivity contribution in [1.29, 1.82) is 0 Å². The van der Waals surface area contributed by atoms with Gasteiger partial charge in [0.05, 0.1) is 13.0 Å². The summed E-state index contributed by atoms with van der Waals surface area (Å²) in [5.41, 5.74) is 4.49. The lowest BCUT2D eigenvalue weighted by atomic mass is 9.90. The number of hydrogen-bond donors (Lipinski definition) is 1. The molecule has 44 heavy (non-hydrogen) atoms.